The predicted octanol–water partition coefficient (Wildman–Crippen LogP) is 7.15. The van der Waals surface area contributed by atoms with Crippen molar-refractivity contribution in [3.8, 4) is 11.4 Å². The first-order valence-electron chi connectivity index (χ1n) is 12.2. The third kappa shape index (κ3) is 3.97. The van der Waals surface area contributed by atoms with Crippen molar-refractivity contribution < 1.29 is 5.11 Å². The van der Waals surface area contributed by atoms with Crippen LogP contribution in [0.4, 0.5) is 0 Å². The molecule has 0 aliphatic heterocycles. The predicted molar refractivity (Wildman–Crippen MR) is 143 cm³/mol. The summed E-state index contributed by atoms with van der Waals surface area (Å²) in [6.07, 6.45) is 9.44. The molecule has 1 atom stereocenters. The summed E-state index contributed by atoms with van der Waals surface area (Å²) in [6, 6.07) is 22.5. The molecule has 4 heteroatoms. The van der Waals surface area contributed by atoms with Gasteiger partial charge in [0.25, 0.3) is 0 Å². The van der Waals surface area contributed by atoms with Gasteiger partial charge in [0.05, 0.1) is 0 Å². The summed E-state index contributed by atoms with van der Waals surface area (Å²) in [5.41, 5.74) is 4.95. The minimum Gasteiger partial charge on any atom is -0.505 e. The second-order valence-corrected chi connectivity index (χ2v) is 11.0. The molecule has 1 unspecified atom stereocenters. The zero-order chi connectivity index (χ0) is 24.8. The van der Waals surface area contributed by atoms with Gasteiger partial charge in [-0.1, -0.05) is 107 Å². The highest BCUT2D eigenvalue weighted by Crippen LogP contribution is 2.48. The maximum Gasteiger partial charge on any atom is 0.146 e. The largest absolute Gasteiger partial charge is 0.505 e. The van der Waals surface area contributed by atoms with Gasteiger partial charge in [-0.3, -0.25) is 0 Å². The van der Waals surface area contributed by atoms with E-state index in [9.17, 15) is 5.11 Å². The van der Waals surface area contributed by atoms with Crippen LogP contribution in [0, 0.1) is 10.8 Å². The maximum atomic E-state index is 11.6. The van der Waals surface area contributed by atoms with Crippen LogP contribution in [-0.4, -0.2) is 20.1 Å². The maximum absolute atomic E-state index is 11.6. The Morgan fingerprint density at radius 2 is 1.40 bits per heavy atom. The Morgan fingerprint density at radius 3 is 2.03 bits per heavy atom. The van der Waals surface area contributed by atoms with Crippen molar-refractivity contribution in [2.75, 3.05) is 0 Å². The number of nitrogens with zero attached hydrogens (tertiary/aromatic N) is 3. The summed E-state index contributed by atoms with van der Waals surface area (Å²) in [6.45, 7) is 11.2. The molecule has 0 bridgehead atoms. The third-order valence-electron chi connectivity index (χ3n) is 8.01. The lowest BCUT2D eigenvalue weighted by atomic mass is 9.61. The van der Waals surface area contributed by atoms with E-state index in [-0.39, 0.29) is 22.0 Å². The smallest absolute Gasteiger partial charge is 0.146 e. The lowest BCUT2D eigenvalue weighted by Crippen LogP contribution is -2.35. The van der Waals surface area contributed by atoms with Crippen molar-refractivity contribution in [1.82, 2.24) is 15.0 Å². The van der Waals surface area contributed by atoms with Gasteiger partial charge in [-0.25, -0.2) is 0 Å². The second kappa shape index (κ2) is 8.23. The molecule has 3 aromatic carbocycles. The Morgan fingerprint density at radius 1 is 0.800 bits per heavy atom. The van der Waals surface area contributed by atoms with Crippen molar-refractivity contribution in [3.63, 3.8) is 0 Å². The highest BCUT2D eigenvalue weighted by atomic mass is 16.3. The van der Waals surface area contributed by atoms with E-state index >= 15 is 0 Å². The molecule has 178 valence electrons. The molecule has 5 rings (SSSR count). The Bertz CT molecular complexity index is 1410. The van der Waals surface area contributed by atoms with Gasteiger partial charge < -0.3 is 5.11 Å². The fraction of sp³-hybridized carbons (Fsp3) is 0.290. The van der Waals surface area contributed by atoms with E-state index in [0.717, 1.165) is 22.2 Å². The summed E-state index contributed by atoms with van der Waals surface area (Å²) in [4.78, 5) is 1.58. The van der Waals surface area contributed by atoms with Crippen LogP contribution in [0.2, 0.25) is 0 Å². The fourth-order valence-electron chi connectivity index (χ4n) is 4.97. The average Bonchev–Trinajstić information content (AvgIpc) is 3.27. The Kier molecular flexibility index (Phi) is 5.43. The van der Waals surface area contributed by atoms with Crippen LogP contribution < -0.4 is 0 Å². The van der Waals surface area contributed by atoms with Crippen molar-refractivity contribution >= 4 is 11.0 Å². The molecule has 1 aliphatic carbocycles. The van der Waals surface area contributed by atoms with E-state index in [2.05, 4.69) is 89.3 Å². The van der Waals surface area contributed by atoms with Crippen molar-refractivity contribution in [3.05, 3.63) is 108 Å². The monoisotopic (exact) mass is 463 g/mol. The van der Waals surface area contributed by atoms with Crippen LogP contribution in [0.1, 0.15) is 51.3 Å². The first-order valence-corrected chi connectivity index (χ1v) is 12.2. The number of aromatic nitrogens is 3. The molecule has 1 heterocycles. The van der Waals surface area contributed by atoms with Gasteiger partial charge in [-0.2, -0.15) is 0 Å². The standard InChI is InChI=1S/C31H33N3O/c1-29(2)17-11-12-18-31(29,5)21-22-19-24(30(3,4)23-13-7-6-8-14-23)20-27(28(22)35)34-32-25-15-9-10-16-26(25)33-34/h6-20,35H,21H2,1-5H3. The van der Waals surface area contributed by atoms with E-state index in [1.165, 1.54) is 5.56 Å². The Balaban J connectivity index is 1.70. The molecule has 1 N–H and O–H groups in total. The first kappa shape index (κ1) is 23.1. The van der Waals surface area contributed by atoms with Crippen molar-refractivity contribution in [2.45, 2.75) is 46.5 Å². The molecule has 35 heavy (non-hydrogen) atoms. The molecule has 0 saturated carbocycles. The highest BCUT2D eigenvalue weighted by Gasteiger charge is 2.39. The molecular weight excluding hydrogens is 430 g/mol. The number of benzene rings is 3. The zero-order valence-electron chi connectivity index (χ0n) is 21.2. The number of phenols is 1. The molecule has 4 aromatic rings. The number of hydrogen-bond acceptors (Lipinski definition) is 3. The second-order valence-electron chi connectivity index (χ2n) is 11.0. The Hall–Kier alpha value is -3.66. The number of aromatic hydroxyl groups is 1. The van der Waals surface area contributed by atoms with Gasteiger partial charge >= 0.3 is 0 Å². The Labute approximate surface area is 207 Å². The number of allylic oxidation sites excluding steroid dienone is 4. The van der Waals surface area contributed by atoms with Gasteiger partial charge in [0, 0.05) is 5.41 Å². The minimum absolute atomic E-state index is 0.0576. The normalized spacial score (nSPS) is 19.3. The summed E-state index contributed by atoms with van der Waals surface area (Å²) in [7, 11) is 0. The van der Waals surface area contributed by atoms with Crippen LogP contribution >= 0.6 is 0 Å². The molecule has 1 aromatic heterocycles. The number of phenolic OH excluding ortho intramolecular Hbond substituents is 1. The fourth-order valence-corrected chi connectivity index (χ4v) is 4.97. The van der Waals surface area contributed by atoms with Crippen molar-refractivity contribution in [1.29, 1.82) is 0 Å². The molecular formula is C31H33N3O. The number of rotatable bonds is 5. The van der Waals surface area contributed by atoms with Crippen LogP contribution in [0.15, 0.2) is 91.0 Å². The van der Waals surface area contributed by atoms with E-state index in [4.69, 9.17) is 10.2 Å². The van der Waals surface area contributed by atoms with Crippen LogP contribution in [0.5, 0.6) is 5.75 Å². The third-order valence-corrected chi connectivity index (χ3v) is 8.01. The first-order chi connectivity index (χ1) is 16.6. The molecule has 0 amide bonds. The zero-order valence-corrected chi connectivity index (χ0v) is 21.2. The molecule has 4 nitrogen and oxygen atoms in total. The molecule has 0 fully saturated rings. The number of hydrogen-bond donors (Lipinski definition) is 1. The molecule has 0 spiro atoms. The highest BCUT2D eigenvalue weighted by molar-refractivity contribution is 5.74. The molecule has 1 aliphatic rings. The minimum atomic E-state index is -0.274. The quantitative estimate of drug-likeness (QED) is 0.342. The summed E-state index contributed by atoms with van der Waals surface area (Å²) >= 11 is 0. The van der Waals surface area contributed by atoms with Gasteiger partial charge in [-0.05, 0) is 52.1 Å². The van der Waals surface area contributed by atoms with Crippen LogP contribution in [0.3, 0.4) is 0 Å². The lowest BCUT2D eigenvalue weighted by Gasteiger charge is -2.42. The van der Waals surface area contributed by atoms with Crippen LogP contribution in [-0.2, 0) is 11.8 Å². The molecule has 0 radical (unpaired) electrons. The van der Waals surface area contributed by atoms with E-state index in [0.29, 0.717) is 12.1 Å². The average molecular weight is 464 g/mol. The SMILES string of the molecule is CC(C)(c1ccccc1)c1cc(CC2(C)C=CC=CC2(C)C)c(O)c(-n2nc3ccccc3n2)c1. The summed E-state index contributed by atoms with van der Waals surface area (Å²) in [5, 5.41) is 21.0. The summed E-state index contributed by atoms with van der Waals surface area (Å²) < 4.78 is 0. The van der Waals surface area contributed by atoms with E-state index < -0.39 is 0 Å². The number of fused-ring (bicyclic) bond motifs is 1. The lowest BCUT2D eigenvalue weighted by molar-refractivity contribution is 0.199. The van der Waals surface area contributed by atoms with Crippen LogP contribution in [0.25, 0.3) is 16.7 Å². The van der Waals surface area contributed by atoms with Gasteiger partial charge in [-0.15, -0.1) is 15.0 Å². The van der Waals surface area contributed by atoms with Gasteiger partial charge in [0.1, 0.15) is 22.5 Å². The van der Waals surface area contributed by atoms with Crippen molar-refractivity contribution in [2.24, 2.45) is 10.8 Å². The summed E-state index contributed by atoms with van der Waals surface area (Å²) in [5.74, 6) is 0.234. The molecule has 0 saturated heterocycles. The van der Waals surface area contributed by atoms with Gasteiger partial charge in [0.2, 0.25) is 0 Å². The van der Waals surface area contributed by atoms with E-state index in [1.807, 2.05) is 36.4 Å². The van der Waals surface area contributed by atoms with E-state index in [1.54, 1.807) is 4.80 Å². The topological polar surface area (TPSA) is 50.9 Å². The van der Waals surface area contributed by atoms with Gasteiger partial charge in [0.15, 0.2) is 0 Å².